The number of nitrogens with zero attached hydrogens (tertiary/aromatic N) is 3. The quantitative estimate of drug-likeness (QED) is 0.581. The Balaban J connectivity index is 1.61. The number of hydrogen-bond acceptors (Lipinski definition) is 6. The number of carboxylic acid groups (broad SMARTS) is 1. The molecule has 2 aromatic rings. The van der Waals surface area contributed by atoms with Crippen LogP contribution in [-0.4, -0.2) is 74.3 Å². The van der Waals surface area contributed by atoms with Crippen LogP contribution in [0.25, 0.3) is 0 Å². The Morgan fingerprint density at radius 2 is 2.12 bits per heavy atom. The van der Waals surface area contributed by atoms with Crippen molar-refractivity contribution < 1.29 is 23.1 Å². The van der Waals surface area contributed by atoms with Gasteiger partial charge in [0, 0.05) is 23.4 Å². The van der Waals surface area contributed by atoms with E-state index in [1.807, 2.05) is 6.92 Å². The van der Waals surface area contributed by atoms with Gasteiger partial charge in [-0.1, -0.05) is 17.7 Å². The number of rotatable bonds is 7. The summed E-state index contributed by atoms with van der Waals surface area (Å²) in [5, 5.41) is 9.49. The molecule has 2 atom stereocenters. The van der Waals surface area contributed by atoms with Gasteiger partial charge in [0.15, 0.2) is 5.69 Å². The van der Waals surface area contributed by atoms with Gasteiger partial charge < -0.3 is 9.84 Å². The molecule has 0 amide bonds. The number of hydrogen-bond donors (Lipinski definition) is 2. The van der Waals surface area contributed by atoms with E-state index in [4.69, 9.17) is 21.4 Å². The van der Waals surface area contributed by atoms with Crippen LogP contribution >= 0.6 is 11.6 Å². The molecule has 32 heavy (non-hydrogen) atoms. The normalized spacial score (nSPS) is 24.8. The maximum atomic E-state index is 13.7. The number of carboxylic acids is 1. The fourth-order valence-corrected chi connectivity index (χ4v) is 6.23. The first-order chi connectivity index (χ1) is 15.2. The predicted octanol–water partition coefficient (Wildman–Crippen LogP) is 1.88. The number of aromatic carboxylic acids is 1. The summed E-state index contributed by atoms with van der Waals surface area (Å²) in [6.07, 6.45) is 1.22. The van der Waals surface area contributed by atoms with Gasteiger partial charge in [-0.3, -0.25) is 9.88 Å². The zero-order valence-corrected chi connectivity index (χ0v) is 19.2. The number of aromatic nitrogens is 1. The third kappa shape index (κ3) is 4.39. The lowest BCUT2D eigenvalue weighted by molar-refractivity contribution is -0.0868. The molecular formula is C21H26ClN4O5S+. The van der Waals surface area contributed by atoms with E-state index in [1.165, 1.54) is 18.3 Å². The monoisotopic (exact) mass is 481 g/mol. The minimum atomic E-state index is -3.90. The first-order valence-electron chi connectivity index (χ1n) is 10.4. The van der Waals surface area contributed by atoms with E-state index in [9.17, 15) is 13.2 Å². The second-order valence-corrected chi connectivity index (χ2v) is 10.6. The molecule has 4 rings (SSSR count). The van der Waals surface area contributed by atoms with Crippen LogP contribution in [0.1, 0.15) is 23.0 Å². The molecule has 172 valence electrons. The zero-order valence-electron chi connectivity index (χ0n) is 17.6. The van der Waals surface area contributed by atoms with Crippen LogP contribution in [0.4, 0.5) is 5.69 Å². The number of ether oxygens (including phenoxy) is 1. The van der Waals surface area contributed by atoms with Gasteiger partial charge in [0.25, 0.3) is 0 Å². The van der Waals surface area contributed by atoms with E-state index in [-0.39, 0.29) is 22.0 Å². The summed E-state index contributed by atoms with van der Waals surface area (Å²) in [4.78, 5) is 17.4. The highest BCUT2D eigenvalue weighted by molar-refractivity contribution is 7.89. The SMILES string of the molecule is CC1C[N@@+](c2cccc(Cl)c2)(S(=O)(=O)NCc2ccc(C(=O)O)cn2)CCN1C1COC1. The van der Waals surface area contributed by atoms with E-state index in [2.05, 4.69) is 14.6 Å². The lowest BCUT2D eigenvalue weighted by atomic mass is 10.1. The van der Waals surface area contributed by atoms with Crippen LogP contribution in [0, 0.1) is 0 Å². The van der Waals surface area contributed by atoms with E-state index in [0.29, 0.717) is 55.3 Å². The Kier molecular flexibility index (Phi) is 6.53. The lowest BCUT2D eigenvalue weighted by Gasteiger charge is -2.49. The van der Waals surface area contributed by atoms with Crippen LogP contribution in [0.3, 0.4) is 0 Å². The molecule has 11 heteroatoms. The summed E-state index contributed by atoms with van der Waals surface area (Å²) >= 11 is 6.23. The lowest BCUT2D eigenvalue weighted by Crippen LogP contribution is -2.71. The largest absolute Gasteiger partial charge is 0.478 e. The summed E-state index contributed by atoms with van der Waals surface area (Å²) in [6.45, 7) is 4.66. The standard InChI is InChI=1S/C21H25ClN4O5S/c1-15-12-26(20-4-2-3-17(22)9-20,8-7-25(15)19-13-31-14-19)32(29,30)24-11-18-6-5-16(10-23-18)21(27)28/h2-6,9-10,15,19,24H,7-8,11-14H2,1H3/p+1/t15?,26-/m0/s1. The van der Waals surface area contributed by atoms with Gasteiger partial charge in [0.05, 0.1) is 49.6 Å². The van der Waals surface area contributed by atoms with Crippen molar-refractivity contribution >= 4 is 33.5 Å². The van der Waals surface area contributed by atoms with Crippen molar-refractivity contribution in [3.63, 3.8) is 0 Å². The zero-order chi connectivity index (χ0) is 22.9. The fourth-order valence-electron chi connectivity index (χ4n) is 4.34. The highest BCUT2D eigenvalue weighted by Gasteiger charge is 2.50. The summed E-state index contributed by atoms with van der Waals surface area (Å²) in [5.41, 5.74) is 1.08. The fraction of sp³-hybridized carbons (Fsp3) is 0.429. The number of quaternary nitrogens is 1. The Hall–Kier alpha value is -2.08. The Bertz CT molecular complexity index is 1090. The molecule has 2 N–H and O–H groups in total. The van der Waals surface area contributed by atoms with Crippen molar-refractivity contribution in [1.82, 2.24) is 18.5 Å². The highest BCUT2D eigenvalue weighted by atomic mass is 35.5. The molecule has 0 bridgehead atoms. The molecule has 0 spiro atoms. The molecule has 3 heterocycles. The van der Waals surface area contributed by atoms with Gasteiger partial charge in [-0.15, -0.1) is 0 Å². The average Bonchev–Trinajstić information content (AvgIpc) is 2.72. The summed E-state index contributed by atoms with van der Waals surface area (Å²) in [5.74, 6) is -1.08. The first-order valence-corrected chi connectivity index (χ1v) is 12.2. The topological polar surface area (TPSA) is 109 Å². The van der Waals surface area contributed by atoms with Gasteiger partial charge in [-0.05, 0) is 25.1 Å². The average molecular weight is 482 g/mol. The van der Waals surface area contributed by atoms with Gasteiger partial charge in [-0.2, -0.15) is 17.0 Å². The van der Waals surface area contributed by atoms with Crippen LogP contribution in [-0.2, 0) is 21.5 Å². The van der Waals surface area contributed by atoms with Gasteiger partial charge >= 0.3 is 16.2 Å². The first kappa shape index (κ1) is 23.1. The predicted molar refractivity (Wildman–Crippen MR) is 121 cm³/mol. The van der Waals surface area contributed by atoms with Crippen LogP contribution in [0.2, 0.25) is 5.02 Å². The molecule has 1 aromatic heterocycles. The van der Waals surface area contributed by atoms with Crippen molar-refractivity contribution in [3.05, 3.63) is 58.9 Å². The van der Waals surface area contributed by atoms with Crippen molar-refractivity contribution in [2.75, 3.05) is 32.8 Å². The molecule has 0 saturated carbocycles. The molecule has 2 saturated heterocycles. The Morgan fingerprint density at radius 3 is 2.69 bits per heavy atom. The molecule has 2 aliphatic heterocycles. The number of piperazine rings is 1. The summed E-state index contributed by atoms with van der Waals surface area (Å²) in [6, 6.07) is 10.2. The minimum Gasteiger partial charge on any atom is -0.478 e. The second kappa shape index (κ2) is 9.05. The maximum absolute atomic E-state index is 13.7. The van der Waals surface area contributed by atoms with Crippen molar-refractivity contribution in [2.24, 2.45) is 0 Å². The number of carbonyl (C=O) groups is 1. The molecular weight excluding hydrogens is 456 g/mol. The van der Waals surface area contributed by atoms with E-state index in [0.717, 1.165) is 0 Å². The second-order valence-electron chi connectivity index (χ2n) is 8.19. The van der Waals surface area contributed by atoms with Crippen LogP contribution < -0.4 is 8.61 Å². The van der Waals surface area contributed by atoms with Crippen molar-refractivity contribution in [2.45, 2.75) is 25.6 Å². The minimum absolute atomic E-state index is 0.0150. The number of halogens is 1. The highest BCUT2D eigenvalue weighted by Crippen LogP contribution is 2.34. The maximum Gasteiger partial charge on any atom is 0.375 e. The smallest absolute Gasteiger partial charge is 0.375 e. The molecule has 1 aromatic carbocycles. The van der Waals surface area contributed by atoms with E-state index in [1.54, 1.807) is 24.3 Å². The molecule has 2 fully saturated rings. The van der Waals surface area contributed by atoms with Crippen LogP contribution in [0.5, 0.6) is 0 Å². The summed E-state index contributed by atoms with van der Waals surface area (Å²) in [7, 11) is -3.90. The Morgan fingerprint density at radius 1 is 1.34 bits per heavy atom. The number of benzene rings is 1. The van der Waals surface area contributed by atoms with Gasteiger partial charge in [-0.25, -0.2) is 4.79 Å². The molecule has 0 radical (unpaired) electrons. The van der Waals surface area contributed by atoms with Crippen molar-refractivity contribution in [3.8, 4) is 0 Å². The Labute approximate surface area is 192 Å². The molecule has 0 aliphatic carbocycles. The summed E-state index contributed by atoms with van der Waals surface area (Å²) < 4.78 is 35.2. The third-order valence-corrected chi connectivity index (χ3v) is 8.39. The van der Waals surface area contributed by atoms with Crippen molar-refractivity contribution in [1.29, 1.82) is 0 Å². The van der Waals surface area contributed by atoms with Crippen LogP contribution in [0.15, 0.2) is 42.6 Å². The van der Waals surface area contributed by atoms with E-state index < -0.39 is 16.2 Å². The molecule has 2 aliphatic rings. The van der Waals surface area contributed by atoms with Gasteiger partial charge in [0.1, 0.15) is 13.1 Å². The number of pyridine rings is 1. The number of nitrogens with one attached hydrogen (secondary N) is 1. The van der Waals surface area contributed by atoms with E-state index >= 15 is 0 Å². The third-order valence-electron chi connectivity index (χ3n) is 6.18. The molecule has 1 unspecified atom stereocenters. The molecule has 9 nitrogen and oxygen atoms in total. The van der Waals surface area contributed by atoms with Gasteiger partial charge in [0.2, 0.25) is 0 Å².